The van der Waals surface area contributed by atoms with Crippen LogP contribution in [0.15, 0.2) is 72.4 Å². The van der Waals surface area contributed by atoms with Crippen LogP contribution in [0.2, 0.25) is 0 Å². The predicted octanol–water partition coefficient (Wildman–Crippen LogP) is 5.52. The lowest BCUT2D eigenvalue weighted by molar-refractivity contribution is -0.128. The van der Waals surface area contributed by atoms with E-state index in [2.05, 4.69) is 83.9 Å². The van der Waals surface area contributed by atoms with Crippen molar-refractivity contribution in [2.24, 2.45) is 23.2 Å². The monoisotopic (exact) mass is 508 g/mol. The molecule has 2 aromatic rings. The van der Waals surface area contributed by atoms with Gasteiger partial charge in [0.2, 0.25) is 0 Å². The molecule has 38 heavy (non-hydrogen) atoms. The minimum Gasteiger partial charge on any atom is -0.387 e. The van der Waals surface area contributed by atoms with Crippen molar-refractivity contribution < 1.29 is 4.79 Å². The Hall–Kier alpha value is -3.10. The molecule has 0 spiro atoms. The summed E-state index contributed by atoms with van der Waals surface area (Å²) in [5.74, 6) is 2.52. The van der Waals surface area contributed by atoms with E-state index in [-0.39, 0.29) is 17.5 Å². The van der Waals surface area contributed by atoms with Gasteiger partial charge in [0, 0.05) is 38.4 Å². The number of amides is 1. The van der Waals surface area contributed by atoms with Gasteiger partial charge >= 0.3 is 0 Å². The van der Waals surface area contributed by atoms with Crippen molar-refractivity contribution in [2.45, 2.75) is 57.5 Å². The van der Waals surface area contributed by atoms with Gasteiger partial charge in [-0.25, -0.2) is 0 Å². The summed E-state index contributed by atoms with van der Waals surface area (Å²) < 4.78 is 0. The molecule has 1 N–H and O–H groups in total. The van der Waals surface area contributed by atoms with Crippen LogP contribution < -0.4 is 5.32 Å². The first kappa shape index (κ1) is 25.2. The maximum atomic E-state index is 13.4. The molecule has 0 radical (unpaired) electrons. The third-order valence-corrected chi connectivity index (χ3v) is 10.0. The standard InChI is InChI=1S/C33H40N4O/c1-24(33-19-25-16-26(20-33)18-27(17-25)21-33)35-23-30(22-34)32(38)37-14-12-36(13-15-37)31(28-8-4-2-5-9-28)29-10-6-3-7-11-29/h2-11,23-27,31,35H,12-21H2,1H3/b30-23-. The number of nitrogens with one attached hydrogen (secondary N) is 1. The van der Waals surface area contributed by atoms with E-state index < -0.39 is 0 Å². The second kappa shape index (κ2) is 10.6. The van der Waals surface area contributed by atoms with Crippen LogP contribution in [0.5, 0.6) is 0 Å². The fourth-order valence-electron chi connectivity index (χ4n) is 8.47. The zero-order valence-electron chi connectivity index (χ0n) is 22.6. The van der Waals surface area contributed by atoms with Gasteiger partial charge in [0.25, 0.3) is 5.91 Å². The molecule has 1 amide bonds. The lowest BCUT2D eigenvalue weighted by Gasteiger charge is -2.59. The van der Waals surface area contributed by atoms with Crippen LogP contribution in [-0.2, 0) is 4.79 Å². The number of benzene rings is 2. The Kier molecular flexibility index (Phi) is 7.01. The zero-order valence-corrected chi connectivity index (χ0v) is 22.6. The van der Waals surface area contributed by atoms with E-state index >= 15 is 0 Å². The number of nitriles is 1. The molecule has 1 unspecified atom stereocenters. The summed E-state index contributed by atoms with van der Waals surface area (Å²) in [5, 5.41) is 13.4. The molecule has 1 atom stereocenters. The first-order valence-corrected chi connectivity index (χ1v) is 14.5. The maximum Gasteiger partial charge on any atom is 0.266 e. The van der Waals surface area contributed by atoms with Crippen LogP contribution >= 0.6 is 0 Å². The normalized spacial score (nSPS) is 29.8. The minimum absolute atomic E-state index is 0.145. The van der Waals surface area contributed by atoms with Crippen molar-refractivity contribution in [3.8, 4) is 6.07 Å². The first-order valence-electron chi connectivity index (χ1n) is 14.5. The predicted molar refractivity (Wildman–Crippen MR) is 150 cm³/mol. The summed E-state index contributed by atoms with van der Waals surface area (Å²) in [5.41, 5.74) is 3.10. The molecule has 4 saturated carbocycles. The van der Waals surface area contributed by atoms with E-state index in [4.69, 9.17) is 0 Å². The Morgan fingerprint density at radius 1 is 0.895 bits per heavy atom. The van der Waals surface area contributed by atoms with Crippen LogP contribution in [0.4, 0.5) is 0 Å². The van der Waals surface area contributed by atoms with Gasteiger partial charge in [-0.15, -0.1) is 0 Å². The van der Waals surface area contributed by atoms with E-state index in [1.165, 1.54) is 49.7 Å². The molecule has 4 bridgehead atoms. The van der Waals surface area contributed by atoms with Crippen LogP contribution in [0, 0.1) is 34.5 Å². The number of nitrogens with zero attached hydrogens (tertiary/aromatic N) is 3. The number of carbonyl (C=O) groups excluding carboxylic acids is 1. The minimum atomic E-state index is -0.145. The molecule has 5 fully saturated rings. The average molecular weight is 509 g/mol. The summed E-state index contributed by atoms with van der Waals surface area (Å²) in [6.07, 6.45) is 9.92. The maximum absolute atomic E-state index is 13.4. The van der Waals surface area contributed by atoms with Crippen molar-refractivity contribution in [1.82, 2.24) is 15.1 Å². The first-order chi connectivity index (χ1) is 18.5. The summed E-state index contributed by atoms with van der Waals surface area (Å²) in [4.78, 5) is 17.7. The Labute approximate surface area is 227 Å². The smallest absolute Gasteiger partial charge is 0.266 e. The molecule has 5 heteroatoms. The summed E-state index contributed by atoms with van der Waals surface area (Å²) in [6, 6.07) is 23.9. The molecule has 4 aliphatic carbocycles. The number of rotatable bonds is 7. The third kappa shape index (κ3) is 4.87. The number of piperazine rings is 1. The summed E-state index contributed by atoms with van der Waals surface area (Å²) >= 11 is 0. The molecule has 5 aliphatic rings. The van der Waals surface area contributed by atoms with E-state index in [0.717, 1.165) is 30.8 Å². The fourth-order valence-corrected chi connectivity index (χ4v) is 8.47. The zero-order chi connectivity index (χ0) is 26.1. The van der Waals surface area contributed by atoms with E-state index in [1.54, 1.807) is 6.20 Å². The van der Waals surface area contributed by atoms with Gasteiger partial charge in [-0.05, 0) is 79.7 Å². The van der Waals surface area contributed by atoms with Gasteiger partial charge in [-0.2, -0.15) is 5.26 Å². The van der Waals surface area contributed by atoms with Gasteiger partial charge in [-0.1, -0.05) is 60.7 Å². The lowest BCUT2D eigenvalue weighted by Crippen LogP contribution is -2.54. The summed E-state index contributed by atoms with van der Waals surface area (Å²) in [6.45, 7) is 5.07. The Morgan fingerprint density at radius 3 is 1.87 bits per heavy atom. The average Bonchev–Trinajstić information content (AvgIpc) is 2.94. The van der Waals surface area contributed by atoms with Crippen molar-refractivity contribution in [2.75, 3.05) is 26.2 Å². The highest BCUT2D eigenvalue weighted by Crippen LogP contribution is 2.61. The number of carbonyl (C=O) groups is 1. The SMILES string of the molecule is CC(N/C=C(/C#N)C(=O)N1CCN(C(c2ccccc2)c2ccccc2)CC1)C12CC3CC(CC(C3)C1)C2. The summed E-state index contributed by atoms with van der Waals surface area (Å²) in [7, 11) is 0. The van der Waals surface area contributed by atoms with Crippen molar-refractivity contribution in [3.05, 3.63) is 83.6 Å². The quantitative estimate of drug-likeness (QED) is 0.395. The molecule has 1 aliphatic heterocycles. The Morgan fingerprint density at radius 2 is 1.39 bits per heavy atom. The Balaban J connectivity index is 1.10. The van der Waals surface area contributed by atoms with Gasteiger partial charge in [0.05, 0.1) is 6.04 Å². The molecular formula is C33H40N4O. The van der Waals surface area contributed by atoms with Crippen LogP contribution in [-0.4, -0.2) is 47.9 Å². The van der Waals surface area contributed by atoms with Crippen LogP contribution in [0.25, 0.3) is 0 Å². The number of hydrogen-bond acceptors (Lipinski definition) is 4. The lowest BCUT2D eigenvalue weighted by atomic mass is 9.48. The van der Waals surface area contributed by atoms with E-state index in [1.807, 2.05) is 4.90 Å². The highest BCUT2D eigenvalue weighted by molar-refractivity contribution is 5.97. The van der Waals surface area contributed by atoms with Gasteiger partial charge < -0.3 is 10.2 Å². The van der Waals surface area contributed by atoms with E-state index in [9.17, 15) is 10.1 Å². The number of hydrogen-bond donors (Lipinski definition) is 1. The third-order valence-electron chi connectivity index (χ3n) is 10.0. The van der Waals surface area contributed by atoms with Crippen molar-refractivity contribution >= 4 is 5.91 Å². The molecule has 0 aromatic heterocycles. The molecule has 2 aromatic carbocycles. The molecule has 198 valence electrons. The highest BCUT2D eigenvalue weighted by Gasteiger charge is 2.53. The van der Waals surface area contributed by atoms with Crippen molar-refractivity contribution in [3.63, 3.8) is 0 Å². The Bertz CT molecular complexity index is 1120. The van der Waals surface area contributed by atoms with Gasteiger partial charge in [0.15, 0.2) is 0 Å². The highest BCUT2D eigenvalue weighted by atomic mass is 16.2. The van der Waals surface area contributed by atoms with Crippen LogP contribution in [0.3, 0.4) is 0 Å². The fraction of sp³-hybridized carbons (Fsp3) is 0.515. The van der Waals surface area contributed by atoms with Crippen molar-refractivity contribution in [1.29, 1.82) is 5.26 Å². The van der Waals surface area contributed by atoms with Gasteiger partial charge in [-0.3, -0.25) is 9.69 Å². The largest absolute Gasteiger partial charge is 0.387 e. The molecule has 1 saturated heterocycles. The van der Waals surface area contributed by atoms with Gasteiger partial charge in [0.1, 0.15) is 11.6 Å². The topological polar surface area (TPSA) is 59.4 Å². The molecule has 5 nitrogen and oxygen atoms in total. The molecule has 7 rings (SSSR count). The second-order valence-electron chi connectivity index (χ2n) is 12.4. The van der Waals surface area contributed by atoms with E-state index in [0.29, 0.717) is 24.5 Å². The molecule has 1 heterocycles. The van der Waals surface area contributed by atoms with Crippen LogP contribution in [0.1, 0.15) is 62.6 Å². The molecular weight excluding hydrogens is 468 g/mol. The second-order valence-corrected chi connectivity index (χ2v) is 12.4.